The zero-order chi connectivity index (χ0) is 15.2. The number of hydrogen-bond acceptors (Lipinski definition) is 5. The van der Waals surface area contributed by atoms with Gasteiger partial charge in [-0.25, -0.2) is 4.98 Å². The number of nitrogens with one attached hydrogen (secondary N) is 1. The number of rotatable bonds is 6. The monoisotopic (exact) mass is 310 g/mol. The number of aromatic nitrogens is 1. The SMILES string of the molecule is CCCN(Cc1csc(NC(C)=O)n1)C1CCC(N)CC1. The maximum absolute atomic E-state index is 11.1. The fraction of sp³-hybridized carbons (Fsp3) is 0.733. The van der Waals surface area contributed by atoms with Gasteiger partial charge in [0.1, 0.15) is 0 Å². The van der Waals surface area contributed by atoms with Crippen molar-refractivity contribution in [3.8, 4) is 0 Å². The van der Waals surface area contributed by atoms with E-state index in [0.29, 0.717) is 17.2 Å². The lowest BCUT2D eigenvalue weighted by molar-refractivity contribution is -0.114. The lowest BCUT2D eigenvalue weighted by Gasteiger charge is -2.35. The molecule has 0 spiro atoms. The van der Waals surface area contributed by atoms with Crippen LogP contribution in [0.25, 0.3) is 0 Å². The Morgan fingerprint density at radius 2 is 2.19 bits per heavy atom. The number of carbonyl (C=O) groups excluding carboxylic acids is 1. The largest absolute Gasteiger partial charge is 0.328 e. The number of anilines is 1. The van der Waals surface area contributed by atoms with Gasteiger partial charge in [0.25, 0.3) is 0 Å². The maximum Gasteiger partial charge on any atom is 0.223 e. The third-order valence-corrected chi connectivity index (χ3v) is 4.77. The van der Waals surface area contributed by atoms with Gasteiger partial charge in [-0.2, -0.15) is 0 Å². The van der Waals surface area contributed by atoms with E-state index in [1.807, 2.05) is 5.38 Å². The molecule has 2 rings (SSSR count). The molecular formula is C15H26N4OS. The van der Waals surface area contributed by atoms with Crippen molar-refractivity contribution in [2.45, 2.75) is 64.6 Å². The molecule has 0 aliphatic heterocycles. The minimum atomic E-state index is -0.0671. The van der Waals surface area contributed by atoms with Crippen molar-refractivity contribution < 1.29 is 4.79 Å². The summed E-state index contributed by atoms with van der Waals surface area (Å²) in [5, 5.41) is 5.49. The molecule has 1 saturated carbocycles. The van der Waals surface area contributed by atoms with E-state index in [4.69, 9.17) is 5.73 Å². The van der Waals surface area contributed by atoms with Gasteiger partial charge < -0.3 is 11.1 Å². The average molecular weight is 310 g/mol. The summed E-state index contributed by atoms with van der Waals surface area (Å²) in [7, 11) is 0. The van der Waals surface area contributed by atoms with Crippen molar-refractivity contribution in [1.29, 1.82) is 0 Å². The van der Waals surface area contributed by atoms with Gasteiger partial charge in [-0.1, -0.05) is 6.92 Å². The Balaban J connectivity index is 1.95. The number of nitrogens with two attached hydrogens (primary N) is 1. The van der Waals surface area contributed by atoms with Crippen LogP contribution in [-0.4, -0.2) is 34.4 Å². The predicted octanol–water partition coefficient (Wildman–Crippen LogP) is 2.58. The molecule has 0 radical (unpaired) electrons. The zero-order valence-electron chi connectivity index (χ0n) is 13.0. The summed E-state index contributed by atoms with van der Waals surface area (Å²) in [6, 6.07) is 1.01. The number of hydrogen-bond donors (Lipinski definition) is 2. The van der Waals surface area contributed by atoms with E-state index in [1.54, 1.807) is 0 Å². The number of thiazole rings is 1. The predicted molar refractivity (Wildman–Crippen MR) is 87.4 cm³/mol. The summed E-state index contributed by atoms with van der Waals surface area (Å²) in [6.45, 7) is 5.68. The smallest absolute Gasteiger partial charge is 0.223 e. The first-order chi connectivity index (χ1) is 10.1. The fourth-order valence-corrected chi connectivity index (χ4v) is 3.69. The highest BCUT2D eigenvalue weighted by atomic mass is 32.1. The first-order valence-corrected chi connectivity index (χ1v) is 8.68. The Hall–Kier alpha value is -0.980. The van der Waals surface area contributed by atoms with E-state index in [1.165, 1.54) is 31.1 Å². The van der Waals surface area contributed by atoms with Crippen molar-refractivity contribution in [2.75, 3.05) is 11.9 Å². The summed E-state index contributed by atoms with van der Waals surface area (Å²) in [6.07, 6.45) is 5.76. The highest BCUT2D eigenvalue weighted by Crippen LogP contribution is 2.25. The van der Waals surface area contributed by atoms with Crippen molar-refractivity contribution in [2.24, 2.45) is 5.73 Å². The standard InChI is InChI=1S/C15H26N4OS/c1-3-8-19(14-6-4-12(16)5-7-14)9-13-10-21-15(18-13)17-11(2)20/h10,12,14H,3-9,16H2,1-2H3,(H,17,18,20). The number of carbonyl (C=O) groups is 1. The summed E-state index contributed by atoms with van der Waals surface area (Å²) in [5.41, 5.74) is 7.05. The van der Waals surface area contributed by atoms with Gasteiger partial charge in [0.05, 0.1) is 5.69 Å². The molecule has 0 unspecified atom stereocenters. The van der Waals surface area contributed by atoms with E-state index in [2.05, 4.69) is 22.1 Å². The molecule has 1 aromatic rings. The minimum absolute atomic E-state index is 0.0671. The van der Waals surface area contributed by atoms with E-state index < -0.39 is 0 Å². The van der Waals surface area contributed by atoms with Crippen LogP contribution in [-0.2, 0) is 11.3 Å². The van der Waals surface area contributed by atoms with E-state index >= 15 is 0 Å². The second-order valence-corrected chi connectivity index (χ2v) is 6.72. The van der Waals surface area contributed by atoms with Crippen molar-refractivity contribution in [3.05, 3.63) is 11.1 Å². The van der Waals surface area contributed by atoms with Gasteiger partial charge >= 0.3 is 0 Å². The Bertz CT molecular complexity index is 454. The summed E-state index contributed by atoms with van der Waals surface area (Å²) in [4.78, 5) is 18.1. The zero-order valence-corrected chi connectivity index (χ0v) is 13.8. The van der Waals surface area contributed by atoms with Crippen LogP contribution in [0, 0.1) is 0 Å². The molecule has 1 aliphatic rings. The molecule has 1 heterocycles. The van der Waals surface area contributed by atoms with Gasteiger partial charge in [0.2, 0.25) is 5.91 Å². The number of nitrogens with zero attached hydrogens (tertiary/aromatic N) is 2. The lowest BCUT2D eigenvalue weighted by atomic mass is 9.90. The molecule has 3 N–H and O–H groups in total. The van der Waals surface area contributed by atoms with E-state index in [9.17, 15) is 4.79 Å². The third-order valence-electron chi connectivity index (χ3n) is 3.97. The highest BCUT2D eigenvalue weighted by Gasteiger charge is 2.24. The first kappa shape index (κ1) is 16.4. The Labute approximate surface area is 130 Å². The van der Waals surface area contributed by atoms with Crippen LogP contribution in [0.15, 0.2) is 5.38 Å². The second-order valence-electron chi connectivity index (χ2n) is 5.86. The van der Waals surface area contributed by atoms with Crippen LogP contribution >= 0.6 is 11.3 Å². The Kier molecular flexibility index (Phi) is 6.14. The van der Waals surface area contributed by atoms with Crippen LogP contribution in [0.3, 0.4) is 0 Å². The van der Waals surface area contributed by atoms with Crippen LogP contribution in [0.4, 0.5) is 5.13 Å². The summed E-state index contributed by atoms with van der Waals surface area (Å²) >= 11 is 1.50. The van der Waals surface area contributed by atoms with Gasteiger partial charge in [0, 0.05) is 30.9 Å². The van der Waals surface area contributed by atoms with Crippen LogP contribution < -0.4 is 11.1 Å². The highest BCUT2D eigenvalue weighted by molar-refractivity contribution is 7.13. The quantitative estimate of drug-likeness (QED) is 0.847. The summed E-state index contributed by atoms with van der Waals surface area (Å²) < 4.78 is 0. The van der Waals surface area contributed by atoms with E-state index in [0.717, 1.165) is 38.0 Å². The third kappa shape index (κ3) is 5.05. The normalized spacial score (nSPS) is 22.5. The topological polar surface area (TPSA) is 71.2 Å². The molecule has 21 heavy (non-hydrogen) atoms. The average Bonchev–Trinajstić information content (AvgIpc) is 2.85. The molecule has 1 aromatic heterocycles. The first-order valence-electron chi connectivity index (χ1n) is 7.80. The molecule has 1 fully saturated rings. The fourth-order valence-electron chi connectivity index (χ4n) is 2.94. The molecule has 0 saturated heterocycles. The van der Waals surface area contributed by atoms with E-state index in [-0.39, 0.29) is 5.91 Å². The van der Waals surface area contributed by atoms with Gasteiger partial charge in [0.15, 0.2) is 5.13 Å². The molecule has 118 valence electrons. The molecule has 0 atom stereocenters. The van der Waals surface area contributed by atoms with Gasteiger partial charge in [-0.3, -0.25) is 9.69 Å². The maximum atomic E-state index is 11.1. The van der Waals surface area contributed by atoms with Crippen LogP contribution in [0.1, 0.15) is 51.6 Å². The van der Waals surface area contributed by atoms with Crippen LogP contribution in [0.5, 0.6) is 0 Å². The molecule has 0 bridgehead atoms. The Morgan fingerprint density at radius 3 is 2.81 bits per heavy atom. The molecular weight excluding hydrogens is 284 g/mol. The molecule has 6 heteroatoms. The van der Waals surface area contributed by atoms with Gasteiger partial charge in [-0.15, -0.1) is 11.3 Å². The molecule has 0 aromatic carbocycles. The van der Waals surface area contributed by atoms with Crippen LogP contribution in [0.2, 0.25) is 0 Å². The molecule has 5 nitrogen and oxygen atoms in total. The van der Waals surface area contributed by atoms with Gasteiger partial charge in [-0.05, 0) is 38.6 Å². The molecule has 1 aliphatic carbocycles. The number of amides is 1. The summed E-state index contributed by atoms with van der Waals surface area (Å²) in [5.74, 6) is -0.0671. The van der Waals surface area contributed by atoms with Crippen molar-refractivity contribution in [1.82, 2.24) is 9.88 Å². The Morgan fingerprint density at radius 1 is 1.48 bits per heavy atom. The van der Waals surface area contributed by atoms with Crippen molar-refractivity contribution in [3.63, 3.8) is 0 Å². The minimum Gasteiger partial charge on any atom is -0.328 e. The van der Waals surface area contributed by atoms with Crippen molar-refractivity contribution >= 4 is 22.4 Å². The second kappa shape index (κ2) is 7.87. The molecule has 1 amide bonds. The lowest BCUT2D eigenvalue weighted by Crippen LogP contribution is -2.40.